The Labute approximate surface area is 95.9 Å². The molecule has 0 atom stereocenters. The van der Waals surface area contributed by atoms with Crippen LogP contribution in [0.25, 0.3) is 0 Å². The predicted octanol–water partition coefficient (Wildman–Crippen LogP) is 3.01. The largest absolute Gasteiger partial charge is 0.469 e. The molecule has 0 N–H and O–H groups in total. The van der Waals surface area contributed by atoms with Crippen LogP contribution in [0, 0.1) is 0 Å². The molecule has 6 heteroatoms. The van der Waals surface area contributed by atoms with E-state index in [1.54, 1.807) is 0 Å². The summed E-state index contributed by atoms with van der Waals surface area (Å²) in [5.74, 6) is -0.0230. The Hall–Kier alpha value is -0.510. The molecule has 0 bridgehead atoms. The standard InChI is InChI=1S/C8H6Cl3NO2/c1-4(13)3-14-8-6(10)2-5(9)7(11)12-8/h2H,3H2,1H3. The fourth-order valence-electron chi connectivity index (χ4n) is 0.700. The van der Waals surface area contributed by atoms with Gasteiger partial charge >= 0.3 is 0 Å². The van der Waals surface area contributed by atoms with Crippen LogP contribution in [0.3, 0.4) is 0 Å². The minimum Gasteiger partial charge on any atom is -0.469 e. The number of hydrogen-bond donors (Lipinski definition) is 0. The summed E-state index contributed by atoms with van der Waals surface area (Å²) in [5, 5.41) is 0.558. The minimum absolute atomic E-state index is 0.0922. The maximum absolute atomic E-state index is 10.6. The van der Waals surface area contributed by atoms with Gasteiger partial charge in [-0.05, 0) is 13.0 Å². The van der Waals surface area contributed by atoms with Gasteiger partial charge in [-0.15, -0.1) is 0 Å². The van der Waals surface area contributed by atoms with Crippen molar-refractivity contribution in [3.05, 3.63) is 21.3 Å². The molecular formula is C8H6Cl3NO2. The van der Waals surface area contributed by atoms with Gasteiger partial charge in [-0.3, -0.25) is 4.79 Å². The summed E-state index contributed by atoms with van der Waals surface area (Å²) in [7, 11) is 0. The molecule has 0 saturated carbocycles. The molecule has 0 unspecified atom stereocenters. The van der Waals surface area contributed by atoms with Crippen molar-refractivity contribution in [2.24, 2.45) is 0 Å². The fraction of sp³-hybridized carbons (Fsp3) is 0.250. The Morgan fingerprint density at radius 3 is 2.64 bits per heavy atom. The highest BCUT2D eigenvalue weighted by Gasteiger charge is 2.09. The van der Waals surface area contributed by atoms with E-state index >= 15 is 0 Å². The lowest BCUT2D eigenvalue weighted by atomic mass is 10.4. The van der Waals surface area contributed by atoms with E-state index in [0.717, 1.165) is 0 Å². The molecule has 0 aliphatic rings. The molecule has 1 rings (SSSR count). The topological polar surface area (TPSA) is 39.2 Å². The molecule has 0 saturated heterocycles. The molecule has 0 aliphatic carbocycles. The summed E-state index contributed by atoms with van der Waals surface area (Å²) in [4.78, 5) is 14.4. The van der Waals surface area contributed by atoms with Crippen molar-refractivity contribution in [2.75, 3.05) is 6.61 Å². The molecule has 3 nitrogen and oxygen atoms in total. The molecule has 0 radical (unpaired) electrons. The second kappa shape index (κ2) is 4.82. The lowest BCUT2D eigenvalue weighted by Crippen LogP contribution is -2.08. The van der Waals surface area contributed by atoms with E-state index < -0.39 is 0 Å². The van der Waals surface area contributed by atoms with Crippen molar-refractivity contribution in [3.8, 4) is 5.88 Å². The molecular weight excluding hydrogens is 248 g/mol. The Morgan fingerprint density at radius 2 is 2.07 bits per heavy atom. The van der Waals surface area contributed by atoms with Crippen LogP contribution in [0.1, 0.15) is 6.92 Å². The van der Waals surface area contributed by atoms with Crippen LogP contribution >= 0.6 is 34.8 Å². The molecule has 76 valence electrons. The molecule has 0 aromatic carbocycles. The van der Waals surface area contributed by atoms with E-state index in [2.05, 4.69) is 4.98 Å². The number of nitrogens with zero attached hydrogens (tertiary/aromatic N) is 1. The fourth-order valence-corrected chi connectivity index (χ4v) is 1.24. The zero-order chi connectivity index (χ0) is 10.7. The number of ketones is 1. The lowest BCUT2D eigenvalue weighted by Gasteiger charge is -2.05. The third kappa shape index (κ3) is 3.01. The van der Waals surface area contributed by atoms with E-state index in [4.69, 9.17) is 39.5 Å². The van der Waals surface area contributed by atoms with Crippen molar-refractivity contribution in [3.63, 3.8) is 0 Å². The summed E-state index contributed by atoms with van der Waals surface area (Å²) >= 11 is 17.0. The highest BCUT2D eigenvalue weighted by atomic mass is 35.5. The van der Waals surface area contributed by atoms with Gasteiger partial charge in [-0.1, -0.05) is 34.8 Å². The number of carbonyl (C=O) groups excluding carboxylic acids is 1. The summed E-state index contributed by atoms with van der Waals surface area (Å²) in [6.45, 7) is 1.30. The predicted molar refractivity (Wildman–Crippen MR) is 55.4 cm³/mol. The number of pyridine rings is 1. The first-order valence-corrected chi connectivity index (χ1v) is 4.78. The van der Waals surface area contributed by atoms with E-state index in [1.165, 1.54) is 13.0 Å². The van der Waals surface area contributed by atoms with Crippen molar-refractivity contribution in [1.82, 2.24) is 4.98 Å². The quantitative estimate of drug-likeness (QED) is 0.778. The molecule has 0 aliphatic heterocycles. The third-order valence-corrected chi connectivity index (χ3v) is 2.21. The Morgan fingerprint density at radius 1 is 1.43 bits per heavy atom. The van der Waals surface area contributed by atoms with Crippen LogP contribution in [0.4, 0.5) is 0 Å². The Balaban J connectivity index is 2.87. The van der Waals surface area contributed by atoms with E-state index in [0.29, 0.717) is 0 Å². The van der Waals surface area contributed by atoms with Crippen LogP contribution in [-0.2, 0) is 4.79 Å². The van der Waals surface area contributed by atoms with Gasteiger partial charge in [-0.25, -0.2) is 0 Å². The number of hydrogen-bond acceptors (Lipinski definition) is 3. The van der Waals surface area contributed by atoms with Gasteiger partial charge in [0.25, 0.3) is 0 Å². The van der Waals surface area contributed by atoms with Crippen molar-refractivity contribution in [1.29, 1.82) is 0 Å². The Kier molecular flexibility index (Phi) is 3.98. The van der Waals surface area contributed by atoms with Crippen molar-refractivity contribution >= 4 is 40.6 Å². The number of ether oxygens (including phenoxy) is 1. The average Bonchev–Trinajstić information content (AvgIpc) is 2.09. The number of aromatic nitrogens is 1. The molecule has 14 heavy (non-hydrogen) atoms. The zero-order valence-corrected chi connectivity index (χ0v) is 9.45. The maximum Gasteiger partial charge on any atom is 0.234 e. The summed E-state index contributed by atoms with van der Waals surface area (Å²) in [6, 6.07) is 1.41. The molecule has 1 aromatic rings. The number of carbonyl (C=O) groups is 1. The van der Waals surface area contributed by atoms with Gasteiger partial charge in [0.1, 0.15) is 11.6 Å². The number of Topliss-reactive ketones (excluding diaryl/α,β-unsaturated/α-hetero) is 1. The SMILES string of the molecule is CC(=O)COc1nc(Cl)c(Cl)cc1Cl. The molecule has 1 aromatic heterocycles. The van der Waals surface area contributed by atoms with Crippen LogP contribution < -0.4 is 4.74 Å². The zero-order valence-electron chi connectivity index (χ0n) is 7.18. The molecule has 0 spiro atoms. The normalized spacial score (nSPS) is 10.0. The van der Waals surface area contributed by atoms with Crippen LogP contribution in [0.2, 0.25) is 15.2 Å². The third-order valence-electron chi connectivity index (χ3n) is 1.27. The van der Waals surface area contributed by atoms with Crippen LogP contribution in [0.15, 0.2) is 6.07 Å². The monoisotopic (exact) mass is 253 g/mol. The van der Waals surface area contributed by atoms with Gasteiger partial charge in [0, 0.05) is 0 Å². The summed E-state index contributed by atoms with van der Waals surface area (Å²) in [6.07, 6.45) is 0. The average molecular weight is 254 g/mol. The van der Waals surface area contributed by atoms with Gasteiger partial charge < -0.3 is 4.74 Å². The van der Waals surface area contributed by atoms with Crippen LogP contribution in [0.5, 0.6) is 5.88 Å². The number of halogens is 3. The Bertz CT molecular complexity index is 368. The first-order valence-electron chi connectivity index (χ1n) is 3.64. The first kappa shape index (κ1) is 11.6. The summed E-state index contributed by atoms with van der Waals surface area (Å²) in [5.41, 5.74) is 0. The van der Waals surface area contributed by atoms with Gasteiger partial charge in [0.2, 0.25) is 5.88 Å². The smallest absolute Gasteiger partial charge is 0.234 e. The van der Waals surface area contributed by atoms with Gasteiger partial charge in [0.15, 0.2) is 10.9 Å². The van der Waals surface area contributed by atoms with E-state index in [1.807, 2.05) is 0 Å². The van der Waals surface area contributed by atoms with E-state index in [-0.39, 0.29) is 33.5 Å². The second-order valence-electron chi connectivity index (χ2n) is 2.54. The maximum atomic E-state index is 10.6. The van der Waals surface area contributed by atoms with Gasteiger partial charge in [0.05, 0.1) is 5.02 Å². The van der Waals surface area contributed by atoms with E-state index in [9.17, 15) is 4.79 Å². The summed E-state index contributed by atoms with van der Waals surface area (Å²) < 4.78 is 5.00. The number of rotatable bonds is 3. The molecule has 0 fully saturated rings. The second-order valence-corrected chi connectivity index (χ2v) is 3.71. The molecule has 0 amide bonds. The van der Waals surface area contributed by atoms with Gasteiger partial charge in [-0.2, -0.15) is 4.98 Å². The van der Waals surface area contributed by atoms with Crippen LogP contribution in [-0.4, -0.2) is 17.4 Å². The first-order chi connectivity index (χ1) is 6.50. The van der Waals surface area contributed by atoms with Crippen molar-refractivity contribution in [2.45, 2.75) is 6.92 Å². The highest BCUT2D eigenvalue weighted by molar-refractivity contribution is 6.42. The van der Waals surface area contributed by atoms with Crippen molar-refractivity contribution < 1.29 is 9.53 Å². The highest BCUT2D eigenvalue weighted by Crippen LogP contribution is 2.30. The lowest BCUT2D eigenvalue weighted by molar-refractivity contribution is -0.119. The minimum atomic E-state index is -0.131. The molecule has 1 heterocycles.